The quantitative estimate of drug-likeness (QED) is 0.808. The van der Waals surface area contributed by atoms with E-state index >= 15 is 0 Å². The van der Waals surface area contributed by atoms with Crippen LogP contribution in [0.4, 0.5) is 5.82 Å². The third-order valence-corrected chi connectivity index (χ3v) is 2.70. The highest BCUT2D eigenvalue weighted by atomic mass is 16.5. The highest BCUT2D eigenvalue weighted by molar-refractivity contribution is 5.80. The number of nitrogens with zero attached hydrogens (tertiary/aromatic N) is 2. The molecule has 0 saturated carbocycles. The first-order valence-corrected chi connectivity index (χ1v) is 6.77. The van der Waals surface area contributed by atoms with Gasteiger partial charge in [-0.2, -0.15) is 0 Å². The highest BCUT2D eigenvalue weighted by Crippen LogP contribution is 2.10. The van der Waals surface area contributed by atoms with Gasteiger partial charge in [-0.05, 0) is 12.5 Å². The third kappa shape index (κ3) is 5.10. The van der Waals surface area contributed by atoms with Crippen LogP contribution in [-0.2, 0) is 11.3 Å². The molecule has 1 amide bonds. The standard InChI is InChI=1S/C15H18N4O2/c1-2-21-15-8-13(18-11-19-15)16-10-14(20)17-9-12-6-4-3-5-7-12/h3-8,11H,2,9-10H2,1H3,(H,17,20)(H,16,18,19). The molecule has 0 bridgehead atoms. The topological polar surface area (TPSA) is 76.1 Å². The fourth-order valence-corrected chi connectivity index (χ4v) is 1.69. The number of hydrogen-bond donors (Lipinski definition) is 2. The molecule has 0 atom stereocenters. The van der Waals surface area contributed by atoms with Gasteiger partial charge in [-0.3, -0.25) is 4.79 Å². The van der Waals surface area contributed by atoms with E-state index in [1.165, 1.54) is 6.33 Å². The Hall–Kier alpha value is -2.63. The second-order valence-electron chi connectivity index (χ2n) is 4.29. The molecule has 2 aromatic rings. The number of carbonyl (C=O) groups is 1. The number of ether oxygens (including phenoxy) is 1. The Morgan fingerprint density at radius 1 is 1.24 bits per heavy atom. The van der Waals surface area contributed by atoms with E-state index in [-0.39, 0.29) is 12.5 Å². The number of amides is 1. The van der Waals surface area contributed by atoms with Crippen LogP contribution in [0.15, 0.2) is 42.7 Å². The van der Waals surface area contributed by atoms with Crippen LogP contribution in [0.5, 0.6) is 5.88 Å². The summed E-state index contributed by atoms with van der Waals surface area (Å²) in [5.41, 5.74) is 1.06. The molecule has 0 aliphatic rings. The molecule has 0 unspecified atom stereocenters. The van der Waals surface area contributed by atoms with Crippen molar-refractivity contribution in [1.82, 2.24) is 15.3 Å². The Balaban J connectivity index is 1.77. The monoisotopic (exact) mass is 286 g/mol. The maximum atomic E-state index is 11.8. The van der Waals surface area contributed by atoms with E-state index in [1.54, 1.807) is 6.07 Å². The summed E-state index contributed by atoms with van der Waals surface area (Å²) in [5.74, 6) is 0.943. The van der Waals surface area contributed by atoms with Crippen molar-refractivity contribution >= 4 is 11.7 Å². The van der Waals surface area contributed by atoms with Gasteiger partial charge in [0, 0.05) is 12.6 Å². The minimum atomic E-state index is -0.101. The maximum Gasteiger partial charge on any atom is 0.239 e. The molecule has 21 heavy (non-hydrogen) atoms. The van der Waals surface area contributed by atoms with Crippen molar-refractivity contribution in [2.24, 2.45) is 0 Å². The van der Waals surface area contributed by atoms with Crippen molar-refractivity contribution in [2.45, 2.75) is 13.5 Å². The molecular weight excluding hydrogens is 268 g/mol. The van der Waals surface area contributed by atoms with Crippen LogP contribution >= 0.6 is 0 Å². The average Bonchev–Trinajstić information content (AvgIpc) is 2.53. The summed E-state index contributed by atoms with van der Waals surface area (Å²) in [6.07, 6.45) is 1.40. The van der Waals surface area contributed by atoms with E-state index in [9.17, 15) is 4.79 Å². The van der Waals surface area contributed by atoms with Crippen molar-refractivity contribution in [1.29, 1.82) is 0 Å². The van der Waals surface area contributed by atoms with E-state index in [0.717, 1.165) is 5.56 Å². The van der Waals surface area contributed by atoms with Gasteiger partial charge in [0.25, 0.3) is 0 Å². The molecule has 0 spiro atoms. The number of benzene rings is 1. The van der Waals surface area contributed by atoms with Gasteiger partial charge in [0.2, 0.25) is 11.8 Å². The lowest BCUT2D eigenvalue weighted by atomic mass is 10.2. The predicted octanol–water partition coefficient (Wildman–Crippen LogP) is 1.60. The van der Waals surface area contributed by atoms with Crippen molar-refractivity contribution in [3.05, 3.63) is 48.3 Å². The molecule has 1 aromatic carbocycles. The van der Waals surface area contributed by atoms with Crippen LogP contribution in [0.1, 0.15) is 12.5 Å². The number of hydrogen-bond acceptors (Lipinski definition) is 5. The predicted molar refractivity (Wildman–Crippen MR) is 80.0 cm³/mol. The molecule has 0 saturated heterocycles. The molecular formula is C15H18N4O2. The van der Waals surface area contributed by atoms with Crippen LogP contribution < -0.4 is 15.4 Å². The van der Waals surface area contributed by atoms with Gasteiger partial charge in [0.1, 0.15) is 12.1 Å². The summed E-state index contributed by atoms with van der Waals surface area (Å²) >= 11 is 0. The maximum absolute atomic E-state index is 11.8. The zero-order valence-electron chi connectivity index (χ0n) is 11.9. The van der Waals surface area contributed by atoms with E-state index in [0.29, 0.717) is 24.8 Å². The Kier molecular flexibility index (Phi) is 5.51. The minimum absolute atomic E-state index is 0.101. The largest absolute Gasteiger partial charge is 0.478 e. The fourth-order valence-electron chi connectivity index (χ4n) is 1.69. The number of aromatic nitrogens is 2. The molecule has 0 aliphatic carbocycles. The number of rotatable bonds is 7. The van der Waals surface area contributed by atoms with Crippen molar-refractivity contribution < 1.29 is 9.53 Å². The van der Waals surface area contributed by atoms with Crippen LogP contribution in [0.2, 0.25) is 0 Å². The summed E-state index contributed by atoms with van der Waals surface area (Å²) in [4.78, 5) is 19.7. The molecule has 110 valence electrons. The average molecular weight is 286 g/mol. The van der Waals surface area contributed by atoms with Crippen LogP contribution in [0, 0.1) is 0 Å². The van der Waals surface area contributed by atoms with Gasteiger partial charge in [-0.25, -0.2) is 9.97 Å². The molecule has 6 heteroatoms. The zero-order chi connectivity index (χ0) is 14.9. The number of anilines is 1. The Labute approximate surface area is 123 Å². The molecule has 0 fully saturated rings. The smallest absolute Gasteiger partial charge is 0.239 e. The summed E-state index contributed by atoms with van der Waals surface area (Å²) in [5, 5.41) is 5.77. The lowest BCUT2D eigenvalue weighted by Gasteiger charge is -2.08. The number of carbonyl (C=O) groups excluding carboxylic acids is 1. The van der Waals surface area contributed by atoms with E-state index in [1.807, 2.05) is 37.3 Å². The van der Waals surface area contributed by atoms with E-state index in [4.69, 9.17) is 4.74 Å². The van der Waals surface area contributed by atoms with E-state index in [2.05, 4.69) is 20.6 Å². The molecule has 1 aromatic heterocycles. The zero-order valence-corrected chi connectivity index (χ0v) is 11.9. The SMILES string of the molecule is CCOc1cc(NCC(=O)NCc2ccccc2)ncn1. The van der Waals surface area contributed by atoms with Crippen LogP contribution in [0.3, 0.4) is 0 Å². The lowest BCUT2D eigenvalue weighted by molar-refractivity contribution is -0.119. The van der Waals surface area contributed by atoms with Gasteiger partial charge < -0.3 is 15.4 Å². The second-order valence-corrected chi connectivity index (χ2v) is 4.29. The normalized spacial score (nSPS) is 9.95. The van der Waals surface area contributed by atoms with Gasteiger partial charge in [-0.1, -0.05) is 30.3 Å². The summed E-state index contributed by atoms with van der Waals surface area (Å²) in [6.45, 7) is 3.07. The lowest BCUT2D eigenvalue weighted by Crippen LogP contribution is -2.29. The molecule has 0 radical (unpaired) electrons. The third-order valence-electron chi connectivity index (χ3n) is 2.70. The molecule has 2 rings (SSSR count). The van der Waals surface area contributed by atoms with Crippen molar-refractivity contribution in [2.75, 3.05) is 18.5 Å². The summed E-state index contributed by atoms with van der Waals surface area (Å²) < 4.78 is 5.27. The Bertz CT molecular complexity index is 575. The molecule has 0 aliphatic heterocycles. The van der Waals surface area contributed by atoms with Gasteiger partial charge >= 0.3 is 0 Å². The minimum Gasteiger partial charge on any atom is -0.478 e. The first-order valence-electron chi connectivity index (χ1n) is 6.77. The Morgan fingerprint density at radius 2 is 2.05 bits per heavy atom. The number of nitrogens with one attached hydrogen (secondary N) is 2. The summed E-state index contributed by atoms with van der Waals surface area (Å²) in [7, 11) is 0. The highest BCUT2D eigenvalue weighted by Gasteiger charge is 2.03. The molecule has 6 nitrogen and oxygen atoms in total. The fraction of sp³-hybridized carbons (Fsp3) is 0.267. The van der Waals surface area contributed by atoms with Crippen LogP contribution in [-0.4, -0.2) is 29.0 Å². The van der Waals surface area contributed by atoms with Crippen molar-refractivity contribution in [3.8, 4) is 5.88 Å². The summed E-state index contributed by atoms with van der Waals surface area (Å²) in [6, 6.07) is 11.4. The molecule has 1 heterocycles. The first-order chi connectivity index (χ1) is 10.3. The van der Waals surface area contributed by atoms with Gasteiger partial charge in [0.05, 0.1) is 13.2 Å². The second kappa shape index (κ2) is 7.84. The van der Waals surface area contributed by atoms with Crippen molar-refractivity contribution in [3.63, 3.8) is 0 Å². The first kappa shape index (κ1) is 14.8. The Morgan fingerprint density at radius 3 is 2.81 bits per heavy atom. The van der Waals surface area contributed by atoms with Gasteiger partial charge in [-0.15, -0.1) is 0 Å². The molecule has 2 N–H and O–H groups in total. The van der Waals surface area contributed by atoms with E-state index < -0.39 is 0 Å². The van der Waals surface area contributed by atoms with Crippen LogP contribution in [0.25, 0.3) is 0 Å². The van der Waals surface area contributed by atoms with Gasteiger partial charge in [0.15, 0.2) is 0 Å².